The molecule has 0 saturated heterocycles. The van der Waals surface area contributed by atoms with E-state index in [1.165, 1.54) is 23.0 Å². The van der Waals surface area contributed by atoms with Crippen molar-refractivity contribution in [2.24, 2.45) is 0 Å². The predicted molar refractivity (Wildman–Crippen MR) is 75.7 cm³/mol. The van der Waals surface area contributed by atoms with Crippen LogP contribution in [0.25, 0.3) is 5.69 Å². The molecule has 0 aliphatic heterocycles. The molecule has 0 bridgehead atoms. The summed E-state index contributed by atoms with van der Waals surface area (Å²) in [4.78, 5) is 22.4. The molecule has 0 aliphatic rings. The standard InChI is InChI=1S/C14H13N3O4/c1-2-9-21-14(20)15-10-5-3-4-6-12(10)17-8-7-11(16-17)13(18)19/h2-8H,1,9H2,(H,15,20)(H,18,19). The Kier molecular flexibility index (Phi) is 4.35. The van der Waals surface area contributed by atoms with Crippen LogP contribution in [-0.2, 0) is 4.74 Å². The van der Waals surface area contributed by atoms with Crippen LogP contribution in [0.2, 0.25) is 0 Å². The molecular formula is C14H13N3O4. The lowest BCUT2D eigenvalue weighted by Crippen LogP contribution is -2.15. The van der Waals surface area contributed by atoms with Crippen LogP contribution in [-0.4, -0.2) is 33.6 Å². The van der Waals surface area contributed by atoms with E-state index >= 15 is 0 Å². The van der Waals surface area contributed by atoms with Gasteiger partial charge in [0.05, 0.1) is 11.4 Å². The molecule has 7 heteroatoms. The third-order valence-corrected chi connectivity index (χ3v) is 2.53. The van der Waals surface area contributed by atoms with Crippen molar-refractivity contribution >= 4 is 17.7 Å². The molecule has 0 atom stereocenters. The lowest BCUT2D eigenvalue weighted by molar-refractivity contribution is 0.0690. The number of benzene rings is 1. The zero-order valence-electron chi connectivity index (χ0n) is 11.0. The smallest absolute Gasteiger partial charge is 0.412 e. The van der Waals surface area contributed by atoms with Gasteiger partial charge in [-0.3, -0.25) is 5.32 Å². The number of carbonyl (C=O) groups is 2. The second-order valence-corrected chi connectivity index (χ2v) is 3.98. The van der Waals surface area contributed by atoms with E-state index in [-0.39, 0.29) is 12.3 Å². The number of aromatic nitrogens is 2. The molecule has 0 unspecified atom stereocenters. The number of rotatable bonds is 5. The van der Waals surface area contributed by atoms with E-state index in [1.807, 2.05) is 0 Å². The molecule has 1 amide bonds. The second-order valence-electron chi connectivity index (χ2n) is 3.98. The summed E-state index contributed by atoms with van der Waals surface area (Å²) in [6.45, 7) is 3.55. The molecule has 0 saturated carbocycles. The van der Waals surface area contributed by atoms with Gasteiger partial charge in [-0.2, -0.15) is 5.10 Å². The van der Waals surface area contributed by atoms with Gasteiger partial charge in [0.15, 0.2) is 5.69 Å². The van der Waals surface area contributed by atoms with Gasteiger partial charge >= 0.3 is 12.1 Å². The topological polar surface area (TPSA) is 93.5 Å². The number of hydrogen-bond donors (Lipinski definition) is 2. The first-order valence-corrected chi connectivity index (χ1v) is 6.05. The van der Waals surface area contributed by atoms with Crippen LogP contribution in [0.5, 0.6) is 0 Å². The number of nitrogens with one attached hydrogen (secondary N) is 1. The number of nitrogens with zero attached hydrogens (tertiary/aromatic N) is 2. The van der Waals surface area contributed by atoms with Crippen molar-refractivity contribution in [3.63, 3.8) is 0 Å². The Morgan fingerprint density at radius 3 is 2.81 bits per heavy atom. The van der Waals surface area contributed by atoms with Crippen molar-refractivity contribution in [3.05, 3.63) is 54.9 Å². The van der Waals surface area contributed by atoms with Crippen LogP contribution in [0.1, 0.15) is 10.5 Å². The maximum atomic E-state index is 11.6. The number of carboxylic acid groups (broad SMARTS) is 1. The molecule has 1 aromatic carbocycles. The fourth-order valence-electron chi connectivity index (χ4n) is 1.63. The Morgan fingerprint density at radius 1 is 1.38 bits per heavy atom. The molecule has 0 radical (unpaired) electrons. The molecule has 2 rings (SSSR count). The number of amides is 1. The maximum absolute atomic E-state index is 11.6. The van der Waals surface area contributed by atoms with E-state index in [0.717, 1.165) is 0 Å². The van der Waals surface area contributed by atoms with Crippen LogP contribution in [0.4, 0.5) is 10.5 Å². The van der Waals surface area contributed by atoms with E-state index < -0.39 is 12.1 Å². The van der Waals surface area contributed by atoms with E-state index in [0.29, 0.717) is 11.4 Å². The van der Waals surface area contributed by atoms with Crippen molar-refractivity contribution in [2.45, 2.75) is 0 Å². The number of aromatic carboxylic acids is 1. The molecule has 2 N–H and O–H groups in total. The number of hydrogen-bond acceptors (Lipinski definition) is 4. The molecule has 7 nitrogen and oxygen atoms in total. The monoisotopic (exact) mass is 287 g/mol. The lowest BCUT2D eigenvalue weighted by Gasteiger charge is -2.10. The summed E-state index contributed by atoms with van der Waals surface area (Å²) in [5.74, 6) is -1.12. The number of carboxylic acids is 1. The third-order valence-electron chi connectivity index (χ3n) is 2.53. The molecule has 2 aromatic rings. The largest absolute Gasteiger partial charge is 0.476 e. The Bertz CT molecular complexity index is 678. The second kappa shape index (κ2) is 6.38. The van der Waals surface area contributed by atoms with Crippen molar-refractivity contribution in [1.29, 1.82) is 0 Å². The average Bonchev–Trinajstić information content (AvgIpc) is 2.95. The third kappa shape index (κ3) is 3.47. The molecule has 1 heterocycles. The quantitative estimate of drug-likeness (QED) is 0.823. The first kappa shape index (κ1) is 14.3. The normalized spacial score (nSPS) is 9.90. The van der Waals surface area contributed by atoms with Gasteiger partial charge in [0.1, 0.15) is 6.61 Å². The fraction of sp³-hybridized carbons (Fsp3) is 0.0714. The minimum atomic E-state index is -1.12. The number of ether oxygens (including phenoxy) is 1. The molecular weight excluding hydrogens is 274 g/mol. The summed E-state index contributed by atoms with van der Waals surface area (Å²) in [5.41, 5.74) is 0.895. The van der Waals surface area contributed by atoms with E-state index in [1.54, 1.807) is 24.3 Å². The van der Waals surface area contributed by atoms with Crippen molar-refractivity contribution in [2.75, 3.05) is 11.9 Å². The summed E-state index contributed by atoms with van der Waals surface area (Å²) in [6.07, 6.45) is 2.32. The Morgan fingerprint density at radius 2 is 2.14 bits per heavy atom. The average molecular weight is 287 g/mol. The first-order chi connectivity index (χ1) is 10.1. The van der Waals surface area contributed by atoms with Gasteiger partial charge < -0.3 is 9.84 Å². The number of para-hydroxylation sites is 2. The SMILES string of the molecule is C=CCOC(=O)Nc1ccccc1-n1ccc(C(=O)O)n1. The molecule has 0 spiro atoms. The van der Waals surface area contributed by atoms with Crippen LogP contribution in [0, 0.1) is 0 Å². The Hall–Kier alpha value is -3.09. The number of anilines is 1. The maximum Gasteiger partial charge on any atom is 0.412 e. The molecule has 0 aliphatic carbocycles. The molecule has 108 valence electrons. The summed E-state index contributed by atoms with van der Waals surface area (Å²) in [7, 11) is 0. The molecule has 0 fully saturated rings. The van der Waals surface area contributed by atoms with Gasteiger partial charge in [-0.25, -0.2) is 14.3 Å². The summed E-state index contributed by atoms with van der Waals surface area (Å²) in [5, 5.41) is 15.4. The minimum Gasteiger partial charge on any atom is -0.476 e. The van der Waals surface area contributed by atoms with Crippen molar-refractivity contribution in [1.82, 2.24) is 9.78 Å². The highest BCUT2D eigenvalue weighted by Gasteiger charge is 2.12. The summed E-state index contributed by atoms with van der Waals surface area (Å²) in [6, 6.07) is 8.20. The van der Waals surface area contributed by atoms with Gasteiger partial charge in [-0.05, 0) is 18.2 Å². The van der Waals surface area contributed by atoms with Gasteiger partial charge in [0.25, 0.3) is 0 Å². The van der Waals surface area contributed by atoms with Gasteiger partial charge in [-0.15, -0.1) is 0 Å². The van der Waals surface area contributed by atoms with Crippen LogP contribution in [0.3, 0.4) is 0 Å². The van der Waals surface area contributed by atoms with Crippen molar-refractivity contribution < 1.29 is 19.4 Å². The first-order valence-electron chi connectivity index (χ1n) is 6.05. The van der Waals surface area contributed by atoms with Gasteiger partial charge in [0, 0.05) is 6.20 Å². The lowest BCUT2D eigenvalue weighted by atomic mass is 10.2. The Labute approximate surface area is 120 Å². The Balaban J connectivity index is 2.25. The highest BCUT2D eigenvalue weighted by molar-refractivity contribution is 5.88. The number of carbonyl (C=O) groups excluding carboxylic acids is 1. The summed E-state index contributed by atoms with van der Waals surface area (Å²) >= 11 is 0. The van der Waals surface area contributed by atoms with Gasteiger partial charge in [-0.1, -0.05) is 24.8 Å². The van der Waals surface area contributed by atoms with Crippen LogP contribution < -0.4 is 5.32 Å². The van der Waals surface area contributed by atoms with E-state index in [2.05, 4.69) is 17.0 Å². The fourth-order valence-corrected chi connectivity index (χ4v) is 1.63. The van der Waals surface area contributed by atoms with E-state index in [9.17, 15) is 9.59 Å². The van der Waals surface area contributed by atoms with Crippen LogP contribution >= 0.6 is 0 Å². The van der Waals surface area contributed by atoms with Crippen molar-refractivity contribution in [3.8, 4) is 5.69 Å². The minimum absolute atomic E-state index is 0.0842. The highest BCUT2D eigenvalue weighted by Crippen LogP contribution is 2.19. The molecule has 1 aromatic heterocycles. The van der Waals surface area contributed by atoms with Crippen LogP contribution in [0.15, 0.2) is 49.2 Å². The molecule has 21 heavy (non-hydrogen) atoms. The highest BCUT2D eigenvalue weighted by atomic mass is 16.5. The zero-order chi connectivity index (χ0) is 15.2. The van der Waals surface area contributed by atoms with Gasteiger partial charge in [0.2, 0.25) is 0 Å². The summed E-state index contributed by atoms with van der Waals surface area (Å²) < 4.78 is 6.21. The van der Waals surface area contributed by atoms with E-state index in [4.69, 9.17) is 9.84 Å². The zero-order valence-corrected chi connectivity index (χ0v) is 11.0. The predicted octanol–water partition coefficient (Wildman–Crippen LogP) is 2.30.